The zero-order chi connectivity index (χ0) is 29.4. The molecule has 0 radical (unpaired) electrons. The van der Waals surface area contributed by atoms with E-state index < -0.39 is 9.52 Å². The van der Waals surface area contributed by atoms with Crippen LogP contribution in [0, 0.1) is 0 Å². The molecule has 2 atom stereocenters. The predicted molar refractivity (Wildman–Crippen MR) is 185 cm³/mol. The monoisotopic (exact) mass is 581 g/mol. The summed E-state index contributed by atoms with van der Waals surface area (Å²) >= 11 is 0. The van der Waals surface area contributed by atoms with Crippen molar-refractivity contribution in [3.8, 4) is 22.3 Å². The highest BCUT2D eigenvalue weighted by molar-refractivity contribution is 8.00. The number of aliphatic imine (C=N–C) groups is 1. The van der Waals surface area contributed by atoms with Crippen molar-refractivity contribution in [1.82, 2.24) is 0 Å². The van der Waals surface area contributed by atoms with Gasteiger partial charge in [0, 0.05) is 24.9 Å². The van der Waals surface area contributed by atoms with Crippen molar-refractivity contribution in [2.45, 2.75) is 15.7 Å². The molecule has 2 aliphatic heterocycles. The van der Waals surface area contributed by atoms with E-state index in [1.165, 1.54) is 32.7 Å². The van der Waals surface area contributed by atoms with E-state index in [0.29, 0.717) is 0 Å². The molecule has 7 aromatic carbocycles. The topological polar surface area (TPSA) is 29.4 Å². The van der Waals surface area contributed by atoms with Crippen molar-refractivity contribution in [3.63, 3.8) is 0 Å². The summed E-state index contributed by atoms with van der Waals surface area (Å²) in [5.41, 5.74) is 9.57. The quantitative estimate of drug-likeness (QED) is 0.151. The molecule has 0 fully saturated rings. The Morgan fingerprint density at radius 2 is 1.23 bits per heavy atom. The summed E-state index contributed by atoms with van der Waals surface area (Å²) in [5, 5.41) is 5.01. The summed E-state index contributed by atoms with van der Waals surface area (Å²) in [6, 6.07) is 50.9. The lowest BCUT2D eigenvalue weighted by Gasteiger charge is -2.29. The van der Waals surface area contributed by atoms with Gasteiger partial charge < -0.3 is 0 Å². The first-order chi connectivity index (χ1) is 21.6. The van der Waals surface area contributed by atoms with Crippen LogP contribution in [0.1, 0.15) is 22.6 Å². The van der Waals surface area contributed by atoms with E-state index in [1.54, 1.807) is 0 Å². The van der Waals surface area contributed by atoms with Crippen LogP contribution in [0.25, 0.3) is 43.8 Å². The number of hydrogen-bond acceptors (Lipinski definition) is 2. The van der Waals surface area contributed by atoms with E-state index >= 15 is 0 Å². The Kier molecular flexibility index (Phi) is 5.38. The van der Waals surface area contributed by atoms with Crippen LogP contribution in [-0.2, 0) is 9.52 Å². The highest BCUT2D eigenvalue weighted by Gasteiger charge is 2.40. The number of rotatable bonds is 3. The van der Waals surface area contributed by atoms with Crippen molar-refractivity contribution >= 4 is 48.3 Å². The molecule has 2 heterocycles. The molecule has 0 N–H and O–H groups in total. The fourth-order valence-corrected chi connectivity index (χ4v) is 9.17. The van der Waals surface area contributed by atoms with E-state index in [4.69, 9.17) is 4.99 Å². The number of hydrogen-bond donors (Lipinski definition) is 0. The van der Waals surface area contributed by atoms with Gasteiger partial charge in [-0.2, -0.15) is 0 Å². The number of fused-ring (bicyclic) bond motifs is 5. The van der Waals surface area contributed by atoms with Crippen molar-refractivity contribution in [2.24, 2.45) is 4.99 Å². The summed E-state index contributed by atoms with van der Waals surface area (Å²) in [7, 11) is -2.72. The molecule has 0 amide bonds. The van der Waals surface area contributed by atoms with Crippen LogP contribution < -0.4 is 0 Å². The first-order valence-corrected chi connectivity index (χ1v) is 16.6. The van der Waals surface area contributed by atoms with Crippen LogP contribution in [0.4, 0.5) is 5.69 Å². The van der Waals surface area contributed by atoms with Crippen LogP contribution in [0.2, 0.25) is 0 Å². The molecular formula is C41H27NOS. The van der Waals surface area contributed by atoms with E-state index in [0.717, 1.165) is 49.0 Å². The Hall–Kier alpha value is -5.25. The molecule has 0 saturated heterocycles. The summed E-state index contributed by atoms with van der Waals surface area (Å²) < 4.78 is 14.5. The Morgan fingerprint density at radius 3 is 2.05 bits per heavy atom. The van der Waals surface area contributed by atoms with Crippen molar-refractivity contribution in [2.75, 3.05) is 0 Å². The van der Waals surface area contributed by atoms with Gasteiger partial charge in [0.15, 0.2) is 0 Å². The van der Waals surface area contributed by atoms with Crippen LogP contribution in [0.5, 0.6) is 0 Å². The normalized spacial score (nSPS) is 18.2. The van der Waals surface area contributed by atoms with Gasteiger partial charge in [-0.25, -0.2) is 0 Å². The van der Waals surface area contributed by atoms with Crippen molar-refractivity contribution in [1.29, 1.82) is 0 Å². The van der Waals surface area contributed by atoms with Crippen molar-refractivity contribution < 1.29 is 4.21 Å². The van der Waals surface area contributed by atoms with Crippen LogP contribution in [-0.4, -0.2) is 15.8 Å². The molecule has 0 bridgehead atoms. The van der Waals surface area contributed by atoms with Gasteiger partial charge in [0.25, 0.3) is 0 Å². The SMILES string of the molecule is C=S1(=O)c2cc(-c3ccc(-c4cc5ccccc5c5ccccc45)cc3)ccc2C2C(c3ccccc3)=Nc3cccc1c32. The molecule has 0 spiro atoms. The Balaban J connectivity index is 1.16. The summed E-state index contributed by atoms with van der Waals surface area (Å²) in [4.78, 5) is 6.67. The van der Waals surface area contributed by atoms with Gasteiger partial charge in [-0.15, -0.1) is 0 Å². The van der Waals surface area contributed by atoms with Gasteiger partial charge in [-0.05, 0) is 85.1 Å². The Labute approximate surface area is 257 Å². The molecule has 2 unspecified atom stereocenters. The van der Waals surface area contributed by atoms with Gasteiger partial charge in [0.2, 0.25) is 0 Å². The van der Waals surface area contributed by atoms with Gasteiger partial charge in [-0.1, -0.05) is 121 Å². The lowest BCUT2D eigenvalue weighted by atomic mass is 9.84. The molecule has 2 nitrogen and oxygen atoms in total. The molecule has 0 aromatic heterocycles. The average Bonchev–Trinajstić information content (AvgIpc) is 3.48. The smallest absolute Gasteiger partial charge is 0.0687 e. The predicted octanol–water partition coefficient (Wildman–Crippen LogP) is 10.0. The van der Waals surface area contributed by atoms with Gasteiger partial charge in [0.1, 0.15) is 0 Å². The lowest BCUT2D eigenvalue weighted by molar-refractivity contribution is 0.677. The second-order valence-electron chi connectivity index (χ2n) is 11.7. The Bertz CT molecular complexity index is 2440. The maximum atomic E-state index is 14.5. The minimum Gasteiger partial charge on any atom is -0.258 e. The zero-order valence-electron chi connectivity index (χ0n) is 23.9. The average molecular weight is 582 g/mol. The molecule has 3 heteroatoms. The molecule has 2 aliphatic rings. The largest absolute Gasteiger partial charge is 0.258 e. The third-order valence-corrected chi connectivity index (χ3v) is 11.4. The maximum Gasteiger partial charge on any atom is 0.0687 e. The fraction of sp³-hybridized carbons (Fsp3) is 0.0244. The minimum absolute atomic E-state index is 0.0625. The standard InChI is InChI=1S/C41H27NOS/c1-44(43)37-17-9-16-36-40(37)39(41(42-36)28-10-3-2-4-11-28)34-23-22-29(25-38(34)44)26-18-20-27(21-19-26)35-24-30-12-5-6-13-31(30)32-14-7-8-15-33(32)35/h2-25,39H,1H2. The fourth-order valence-electron chi connectivity index (χ4n) is 7.17. The highest BCUT2D eigenvalue weighted by Crippen LogP contribution is 2.51. The van der Waals surface area contributed by atoms with E-state index in [2.05, 4.69) is 115 Å². The highest BCUT2D eigenvalue weighted by atomic mass is 32.2. The first kappa shape index (κ1) is 25.3. The van der Waals surface area contributed by atoms with E-state index in [1.807, 2.05) is 36.4 Å². The van der Waals surface area contributed by atoms with Crippen molar-refractivity contribution in [3.05, 3.63) is 162 Å². The third-order valence-electron chi connectivity index (χ3n) is 9.25. The Morgan fingerprint density at radius 1 is 0.545 bits per heavy atom. The summed E-state index contributed by atoms with van der Waals surface area (Å²) in [6.45, 7) is 0. The zero-order valence-corrected chi connectivity index (χ0v) is 24.7. The summed E-state index contributed by atoms with van der Waals surface area (Å²) in [5.74, 6) is 4.27. The van der Waals surface area contributed by atoms with Crippen LogP contribution in [0.15, 0.2) is 160 Å². The van der Waals surface area contributed by atoms with E-state index in [-0.39, 0.29) is 5.92 Å². The summed E-state index contributed by atoms with van der Waals surface area (Å²) in [6.07, 6.45) is 0. The molecule has 7 aromatic rings. The first-order valence-electron chi connectivity index (χ1n) is 14.9. The minimum atomic E-state index is -2.72. The van der Waals surface area contributed by atoms with Gasteiger partial charge >= 0.3 is 0 Å². The number of benzene rings is 7. The molecule has 0 saturated carbocycles. The van der Waals surface area contributed by atoms with Gasteiger partial charge in [0.05, 0.1) is 17.3 Å². The molecular weight excluding hydrogens is 555 g/mol. The second-order valence-corrected chi connectivity index (χ2v) is 13.9. The third kappa shape index (κ3) is 3.63. The van der Waals surface area contributed by atoms with E-state index in [9.17, 15) is 4.21 Å². The molecule has 44 heavy (non-hydrogen) atoms. The maximum absolute atomic E-state index is 14.5. The molecule has 9 rings (SSSR count). The van der Waals surface area contributed by atoms with Crippen LogP contribution in [0.3, 0.4) is 0 Å². The molecule has 208 valence electrons. The van der Waals surface area contributed by atoms with Crippen LogP contribution >= 0.6 is 0 Å². The lowest BCUT2D eigenvalue weighted by Crippen LogP contribution is -2.22. The second kappa shape index (κ2) is 9.37. The molecule has 0 aliphatic carbocycles. The number of nitrogens with zero attached hydrogens (tertiary/aromatic N) is 1. The van der Waals surface area contributed by atoms with Gasteiger partial charge in [-0.3, -0.25) is 9.20 Å².